The molecule has 0 amide bonds. The van der Waals surface area contributed by atoms with Crippen LogP contribution in [-0.2, 0) is 0 Å². The molecule has 0 fully saturated rings. The van der Waals surface area contributed by atoms with Crippen molar-refractivity contribution < 1.29 is 4.42 Å². The lowest BCUT2D eigenvalue weighted by atomic mass is 10.1. The summed E-state index contributed by atoms with van der Waals surface area (Å²) in [5.74, 6) is 7.52. The standard InChI is InChI=1S/C12H16N2OS/c1-16-7-6-10(14-13)12-8-9-4-2-3-5-11(9)15-12/h2-5,8,10,14H,6-7,13H2,1H3. The van der Waals surface area contributed by atoms with Gasteiger partial charge in [-0.05, 0) is 30.6 Å². The van der Waals surface area contributed by atoms with Crippen molar-refractivity contribution in [1.29, 1.82) is 0 Å². The fourth-order valence-corrected chi connectivity index (χ4v) is 2.19. The second-order valence-corrected chi connectivity index (χ2v) is 4.67. The first-order valence-electron chi connectivity index (χ1n) is 5.28. The van der Waals surface area contributed by atoms with Gasteiger partial charge in [-0.25, -0.2) is 5.43 Å². The summed E-state index contributed by atoms with van der Waals surface area (Å²) in [7, 11) is 0. The highest BCUT2D eigenvalue weighted by atomic mass is 32.2. The average Bonchev–Trinajstić information content (AvgIpc) is 2.73. The molecule has 0 aliphatic heterocycles. The first-order valence-corrected chi connectivity index (χ1v) is 6.68. The number of furan rings is 1. The molecule has 1 unspecified atom stereocenters. The lowest BCUT2D eigenvalue weighted by molar-refractivity contribution is 0.430. The number of thioether (sulfide) groups is 1. The predicted octanol–water partition coefficient (Wildman–Crippen LogP) is 2.69. The summed E-state index contributed by atoms with van der Waals surface area (Å²) in [6.07, 6.45) is 3.06. The third kappa shape index (κ3) is 2.40. The summed E-state index contributed by atoms with van der Waals surface area (Å²) >= 11 is 1.81. The Hall–Kier alpha value is -0.970. The lowest BCUT2D eigenvalue weighted by Gasteiger charge is -2.11. The van der Waals surface area contributed by atoms with Crippen LogP contribution in [0, 0.1) is 0 Å². The number of hydrazine groups is 1. The van der Waals surface area contributed by atoms with Crippen molar-refractivity contribution in [2.75, 3.05) is 12.0 Å². The molecule has 1 heterocycles. The Labute approximate surface area is 99.4 Å². The minimum atomic E-state index is 0.0971. The van der Waals surface area contributed by atoms with E-state index in [-0.39, 0.29) is 6.04 Å². The van der Waals surface area contributed by atoms with Crippen molar-refractivity contribution >= 4 is 22.7 Å². The Morgan fingerprint density at radius 2 is 2.25 bits per heavy atom. The zero-order valence-corrected chi connectivity index (χ0v) is 10.1. The molecule has 3 N–H and O–H groups in total. The first kappa shape index (κ1) is 11.5. The highest BCUT2D eigenvalue weighted by Crippen LogP contribution is 2.25. The highest BCUT2D eigenvalue weighted by Gasteiger charge is 2.14. The van der Waals surface area contributed by atoms with Crippen LogP contribution in [0.15, 0.2) is 34.7 Å². The zero-order chi connectivity index (χ0) is 11.4. The van der Waals surface area contributed by atoms with Gasteiger partial charge in [-0.2, -0.15) is 11.8 Å². The van der Waals surface area contributed by atoms with Gasteiger partial charge in [0.2, 0.25) is 0 Å². The molecule has 0 aliphatic carbocycles. The van der Waals surface area contributed by atoms with Crippen molar-refractivity contribution in [3.05, 3.63) is 36.1 Å². The van der Waals surface area contributed by atoms with Crippen LogP contribution in [0.5, 0.6) is 0 Å². The Morgan fingerprint density at radius 3 is 2.94 bits per heavy atom. The van der Waals surface area contributed by atoms with E-state index < -0.39 is 0 Å². The van der Waals surface area contributed by atoms with Crippen LogP contribution in [0.3, 0.4) is 0 Å². The molecule has 2 rings (SSSR count). The lowest BCUT2D eigenvalue weighted by Crippen LogP contribution is -2.28. The number of nitrogens with one attached hydrogen (secondary N) is 1. The maximum absolute atomic E-state index is 5.77. The molecule has 0 saturated carbocycles. The van der Waals surface area contributed by atoms with Crippen LogP contribution in [0.1, 0.15) is 18.2 Å². The van der Waals surface area contributed by atoms with E-state index in [1.54, 1.807) is 0 Å². The molecule has 1 atom stereocenters. The third-order valence-electron chi connectivity index (χ3n) is 2.60. The largest absolute Gasteiger partial charge is 0.459 e. The van der Waals surface area contributed by atoms with Crippen LogP contribution in [0.4, 0.5) is 0 Å². The van der Waals surface area contributed by atoms with Gasteiger partial charge in [0.05, 0.1) is 6.04 Å². The fraction of sp³-hybridized carbons (Fsp3) is 0.333. The van der Waals surface area contributed by atoms with E-state index in [0.717, 1.165) is 28.9 Å². The van der Waals surface area contributed by atoms with Gasteiger partial charge in [-0.15, -0.1) is 0 Å². The SMILES string of the molecule is CSCCC(NN)c1cc2ccccc2o1. The normalized spacial score (nSPS) is 13.1. The number of hydrogen-bond donors (Lipinski definition) is 2. The topological polar surface area (TPSA) is 51.2 Å². The molecule has 1 aromatic carbocycles. The monoisotopic (exact) mass is 236 g/mol. The van der Waals surface area contributed by atoms with Crippen molar-refractivity contribution in [2.45, 2.75) is 12.5 Å². The number of benzene rings is 1. The number of fused-ring (bicyclic) bond motifs is 1. The molecule has 4 heteroatoms. The Bertz CT molecular complexity index is 422. The Kier molecular flexibility index (Phi) is 3.88. The van der Waals surface area contributed by atoms with Crippen LogP contribution in [0.2, 0.25) is 0 Å². The Morgan fingerprint density at radius 1 is 1.44 bits per heavy atom. The van der Waals surface area contributed by atoms with E-state index in [0.29, 0.717) is 0 Å². The number of hydrogen-bond acceptors (Lipinski definition) is 4. The van der Waals surface area contributed by atoms with Gasteiger partial charge < -0.3 is 4.42 Å². The summed E-state index contributed by atoms with van der Waals surface area (Å²) in [5, 5.41) is 1.13. The molecule has 2 aromatic rings. The fourth-order valence-electron chi connectivity index (χ4n) is 1.72. The van der Waals surface area contributed by atoms with Crippen molar-refractivity contribution in [3.63, 3.8) is 0 Å². The number of para-hydroxylation sites is 1. The van der Waals surface area contributed by atoms with Crippen LogP contribution in [0.25, 0.3) is 11.0 Å². The molecule has 0 bridgehead atoms. The zero-order valence-electron chi connectivity index (χ0n) is 9.27. The molecule has 0 aliphatic rings. The summed E-state index contributed by atoms with van der Waals surface area (Å²) in [5.41, 5.74) is 3.73. The van der Waals surface area contributed by atoms with Gasteiger partial charge in [-0.3, -0.25) is 5.84 Å². The molecule has 0 spiro atoms. The third-order valence-corrected chi connectivity index (χ3v) is 3.24. The highest BCUT2D eigenvalue weighted by molar-refractivity contribution is 7.98. The van der Waals surface area contributed by atoms with E-state index in [2.05, 4.69) is 17.7 Å². The molecule has 16 heavy (non-hydrogen) atoms. The molecule has 0 radical (unpaired) electrons. The minimum Gasteiger partial charge on any atom is -0.459 e. The quantitative estimate of drug-likeness (QED) is 0.619. The summed E-state index contributed by atoms with van der Waals surface area (Å²) in [6, 6.07) is 10.2. The van der Waals surface area contributed by atoms with Gasteiger partial charge in [0.1, 0.15) is 11.3 Å². The minimum absolute atomic E-state index is 0.0971. The second-order valence-electron chi connectivity index (χ2n) is 3.69. The first-order chi connectivity index (χ1) is 7.85. The van der Waals surface area contributed by atoms with Crippen molar-refractivity contribution in [3.8, 4) is 0 Å². The predicted molar refractivity (Wildman–Crippen MR) is 69.3 cm³/mol. The molecule has 1 aromatic heterocycles. The molecular formula is C12H16N2OS. The average molecular weight is 236 g/mol. The van der Waals surface area contributed by atoms with Crippen LogP contribution >= 0.6 is 11.8 Å². The van der Waals surface area contributed by atoms with Crippen molar-refractivity contribution in [1.82, 2.24) is 5.43 Å². The van der Waals surface area contributed by atoms with Gasteiger partial charge in [0.15, 0.2) is 0 Å². The summed E-state index contributed by atoms with van der Waals surface area (Å²) in [4.78, 5) is 0. The van der Waals surface area contributed by atoms with E-state index in [4.69, 9.17) is 10.3 Å². The summed E-state index contributed by atoms with van der Waals surface area (Å²) < 4.78 is 5.77. The van der Waals surface area contributed by atoms with E-state index in [1.807, 2.05) is 36.0 Å². The van der Waals surface area contributed by atoms with Gasteiger partial charge >= 0.3 is 0 Å². The van der Waals surface area contributed by atoms with Gasteiger partial charge in [0, 0.05) is 5.39 Å². The maximum atomic E-state index is 5.77. The van der Waals surface area contributed by atoms with E-state index in [1.165, 1.54) is 0 Å². The molecular weight excluding hydrogens is 220 g/mol. The van der Waals surface area contributed by atoms with Crippen LogP contribution in [-0.4, -0.2) is 12.0 Å². The van der Waals surface area contributed by atoms with Crippen LogP contribution < -0.4 is 11.3 Å². The molecule has 86 valence electrons. The van der Waals surface area contributed by atoms with Gasteiger partial charge in [0.25, 0.3) is 0 Å². The molecule has 3 nitrogen and oxygen atoms in total. The number of rotatable bonds is 5. The summed E-state index contributed by atoms with van der Waals surface area (Å²) in [6.45, 7) is 0. The maximum Gasteiger partial charge on any atom is 0.134 e. The van der Waals surface area contributed by atoms with E-state index in [9.17, 15) is 0 Å². The number of nitrogens with two attached hydrogens (primary N) is 1. The van der Waals surface area contributed by atoms with Crippen molar-refractivity contribution in [2.24, 2.45) is 5.84 Å². The van der Waals surface area contributed by atoms with Gasteiger partial charge in [-0.1, -0.05) is 18.2 Å². The smallest absolute Gasteiger partial charge is 0.134 e. The van der Waals surface area contributed by atoms with E-state index >= 15 is 0 Å². The molecule has 0 saturated heterocycles. The second kappa shape index (κ2) is 5.39. The Balaban J connectivity index is 2.23.